The standard InChI is InChI=1S/C28H40N2O/c1-6-10-23-20(2)15-28(22-11-8-7-9-12-22)17-21(23)16-27(5,18-28)25(31)30-14-13-24(29)26(3,4)19-30/h1,7-9,11-12,20-21,23-24H,10,13-19,29H2,2-5H3. The SMILES string of the molecule is C#CCC1C(C)CC2(c3ccccc3)CC1CC(C)(C(=O)N1CCC(N)C(C)(C)C1)C2. The van der Waals surface area contributed by atoms with E-state index in [1.54, 1.807) is 0 Å². The summed E-state index contributed by atoms with van der Waals surface area (Å²) in [7, 11) is 0. The molecular weight excluding hydrogens is 380 g/mol. The molecular formula is C28H40N2O. The zero-order chi connectivity index (χ0) is 22.4. The number of carbonyl (C=O) groups excluding carboxylic acids is 1. The average Bonchev–Trinajstić information content (AvgIpc) is 2.72. The van der Waals surface area contributed by atoms with Crippen LogP contribution in [0.25, 0.3) is 0 Å². The number of hydrogen-bond donors (Lipinski definition) is 1. The number of benzene rings is 1. The van der Waals surface area contributed by atoms with E-state index in [1.165, 1.54) is 5.56 Å². The second-order valence-corrected chi connectivity index (χ2v) is 11.9. The fourth-order valence-electron chi connectivity index (χ4n) is 7.46. The molecule has 2 bridgehead atoms. The highest BCUT2D eigenvalue weighted by molar-refractivity contribution is 5.83. The summed E-state index contributed by atoms with van der Waals surface area (Å²) in [5, 5.41) is 0. The minimum absolute atomic E-state index is 0.0353. The molecule has 1 aromatic rings. The number of rotatable bonds is 3. The minimum atomic E-state index is -0.344. The smallest absolute Gasteiger partial charge is 0.228 e. The molecule has 1 amide bonds. The van der Waals surface area contributed by atoms with Crippen molar-refractivity contribution in [2.24, 2.45) is 34.3 Å². The highest BCUT2D eigenvalue weighted by Gasteiger charge is 2.56. The topological polar surface area (TPSA) is 46.3 Å². The lowest BCUT2D eigenvalue weighted by Crippen LogP contribution is -2.59. The maximum absolute atomic E-state index is 14.1. The first-order valence-corrected chi connectivity index (χ1v) is 12.1. The summed E-state index contributed by atoms with van der Waals surface area (Å²) in [5.41, 5.74) is 7.47. The van der Waals surface area contributed by atoms with Gasteiger partial charge in [0.05, 0.1) is 0 Å². The Labute approximate surface area is 189 Å². The van der Waals surface area contributed by atoms with Gasteiger partial charge in [-0.25, -0.2) is 0 Å². The molecule has 3 heteroatoms. The van der Waals surface area contributed by atoms with Crippen LogP contribution in [0.3, 0.4) is 0 Å². The first-order chi connectivity index (χ1) is 14.6. The number of carbonyl (C=O) groups is 1. The van der Waals surface area contributed by atoms with E-state index in [-0.39, 0.29) is 22.3 Å². The Bertz CT molecular complexity index is 852. The second-order valence-electron chi connectivity index (χ2n) is 11.9. The summed E-state index contributed by atoms with van der Waals surface area (Å²) in [4.78, 5) is 16.2. The Morgan fingerprint density at radius 1 is 1.19 bits per heavy atom. The van der Waals surface area contributed by atoms with Gasteiger partial charge in [0.25, 0.3) is 0 Å². The van der Waals surface area contributed by atoms with Gasteiger partial charge in [-0.3, -0.25) is 4.79 Å². The Morgan fingerprint density at radius 2 is 1.90 bits per heavy atom. The van der Waals surface area contributed by atoms with Crippen LogP contribution < -0.4 is 5.73 Å². The van der Waals surface area contributed by atoms with Crippen LogP contribution in [0, 0.1) is 40.9 Å². The van der Waals surface area contributed by atoms with Crippen molar-refractivity contribution >= 4 is 5.91 Å². The lowest BCUT2D eigenvalue weighted by molar-refractivity contribution is -0.153. The van der Waals surface area contributed by atoms with Gasteiger partial charge in [0, 0.05) is 31.0 Å². The largest absolute Gasteiger partial charge is 0.342 e. The summed E-state index contributed by atoms with van der Waals surface area (Å²) in [6.45, 7) is 10.6. The van der Waals surface area contributed by atoms with Crippen LogP contribution in [-0.4, -0.2) is 29.9 Å². The van der Waals surface area contributed by atoms with Crippen molar-refractivity contribution < 1.29 is 4.79 Å². The van der Waals surface area contributed by atoms with Crippen molar-refractivity contribution in [2.75, 3.05) is 13.1 Å². The molecule has 4 rings (SSSR count). The van der Waals surface area contributed by atoms with Crippen molar-refractivity contribution in [1.82, 2.24) is 4.90 Å². The molecule has 3 aliphatic rings. The third-order valence-electron chi connectivity index (χ3n) is 9.00. The molecule has 168 valence electrons. The van der Waals surface area contributed by atoms with Crippen molar-refractivity contribution in [1.29, 1.82) is 0 Å². The molecule has 2 aliphatic carbocycles. The van der Waals surface area contributed by atoms with Crippen molar-refractivity contribution in [3.63, 3.8) is 0 Å². The number of likely N-dealkylation sites (tertiary alicyclic amines) is 1. The predicted molar refractivity (Wildman–Crippen MR) is 127 cm³/mol. The number of fused-ring (bicyclic) bond motifs is 2. The Balaban J connectivity index is 1.68. The molecule has 1 aliphatic heterocycles. The van der Waals surface area contributed by atoms with Gasteiger partial charge < -0.3 is 10.6 Å². The number of terminal acetylenes is 1. The molecule has 2 saturated carbocycles. The van der Waals surface area contributed by atoms with Gasteiger partial charge in [-0.1, -0.05) is 58.0 Å². The van der Waals surface area contributed by atoms with E-state index in [0.717, 1.165) is 51.6 Å². The van der Waals surface area contributed by atoms with Crippen molar-refractivity contribution in [3.05, 3.63) is 35.9 Å². The summed E-state index contributed by atoms with van der Waals surface area (Å²) < 4.78 is 0. The minimum Gasteiger partial charge on any atom is -0.342 e. The summed E-state index contributed by atoms with van der Waals surface area (Å²) in [6, 6.07) is 11.1. The molecule has 0 radical (unpaired) electrons. The predicted octanol–water partition coefficient (Wildman–Crippen LogP) is 5.00. The first kappa shape index (κ1) is 22.4. The second kappa shape index (κ2) is 7.96. The van der Waals surface area contributed by atoms with Crippen LogP contribution in [-0.2, 0) is 10.2 Å². The lowest BCUT2D eigenvalue weighted by atomic mass is 9.47. The molecule has 0 aromatic heterocycles. The Kier molecular flexibility index (Phi) is 5.76. The quantitative estimate of drug-likeness (QED) is 0.700. The number of hydrogen-bond acceptors (Lipinski definition) is 2. The fraction of sp³-hybridized carbons (Fsp3) is 0.679. The van der Waals surface area contributed by atoms with Crippen molar-refractivity contribution in [3.8, 4) is 12.3 Å². The third kappa shape index (κ3) is 3.93. The molecule has 31 heavy (non-hydrogen) atoms. The maximum Gasteiger partial charge on any atom is 0.228 e. The van der Waals surface area contributed by atoms with Gasteiger partial charge in [-0.15, -0.1) is 12.3 Å². The van der Waals surface area contributed by atoms with Crippen LogP contribution in [0.4, 0.5) is 0 Å². The number of piperidine rings is 1. The molecule has 2 N–H and O–H groups in total. The molecule has 1 saturated heterocycles. The Morgan fingerprint density at radius 3 is 2.55 bits per heavy atom. The van der Waals surface area contributed by atoms with E-state index in [9.17, 15) is 4.79 Å². The van der Waals surface area contributed by atoms with E-state index < -0.39 is 0 Å². The van der Waals surface area contributed by atoms with Crippen LogP contribution in [0.2, 0.25) is 0 Å². The maximum atomic E-state index is 14.1. The monoisotopic (exact) mass is 420 g/mol. The van der Waals surface area contributed by atoms with Crippen LogP contribution in [0.15, 0.2) is 30.3 Å². The molecule has 6 atom stereocenters. The molecule has 0 spiro atoms. The van der Waals surface area contributed by atoms with E-state index in [2.05, 4.69) is 68.8 Å². The van der Waals surface area contributed by atoms with Gasteiger partial charge >= 0.3 is 0 Å². The zero-order valence-corrected chi connectivity index (χ0v) is 19.9. The van der Waals surface area contributed by atoms with Crippen LogP contribution in [0.5, 0.6) is 0 Å². The Hall–Kier alpha value is -1.79. The van der Waals surface area contributed by atoms with E-state index in [1.807, 2.05) is 0 Å². The normalized spacial score (nSPS) is 39.5. The van der Waals surface area contributed by atoms with Gasteiger partial charge in [-0.05, 0) is 66.3 Å². The number of amides is 1. The molecule has 3 nitrogen and oxygen atoms in total. The van der Waals surface area contributed by atoms with Gasteiger partial charge in [-0.2, -0.15) is 0 Å². The lowest BCUT2D eigenvalue weighted by Gasteiger charge is -2.58. The van der Waals surface area contributed by atoms with Gasteiger partial charge in [0.1, 0.15) is 0 Å². The number of nitrogens with zero attached hydrogens (tertiary/aromatic N) is 1. The average molecular weight is 421 g/mol. The van der Waals surface area contributed by atoms with E-state index in [4.69, 9.17) is 12.2 Å². The first-order valence-electron chi connectivity index (χ1n) is 12.1. The van der Waals surface area contributed by atoms with E-state index >= 15 is 0 Å². The highest BCUT2D eigenvalue weighted by atomic mass is 16.2. The van der Waals surface area contributed by atoms with Crippen LogP contribution >= 0.6 is 0 Å². The molecule has 1 heterocycles. The summed E-state index contributed by atoms with van der Waals surface area (Å²) >= 11 is 0. The van der Waals surface area contributed by atoms with Crippen molar-refractivity contribution in [2.45, 2.75) is 77.7 Å². The molecule has 6 unspecified atom stereocenters. The van der Waals surface area contributed by atoms with E-state index in [0.29, 0.717) is 23.7 Å². The van der Waals surface area contributed by atoms with Gasteiger partial charge in [0.15, 0.2) is 0 Å². The molecule has 3 fully saturated rings. The van der Waals surface area contributed by atoms with Gasteiger partial charge in [0.2, 0.25) is 5.91 Å². The molecule has 1 aromatic carbocycles. The number of nitrogens with two attached hydrogens (primary N) is 1. The van der Waals surface area contributed by atoms with Crippen LogP contribution in [0.1, 0.15) is 71.8 Å². The highest BCUT2D eigenvalue weighted by Crippen LogP contribution is 2.60. The summed E-state index contributed by atoms with van der Waals surface area (Å²) in [5.74, 6) is 4.89. The third-order valence-corrected chi connectivity index (χ3v) is 9.00. The fourth-order valence-corrected chi connectivity index (χ4v) is 7.46. The zero-order valence-electron chi connectivity index (χ0n) is 19.9. The summed E-state index contributed by atoms with van der Waals surface area (Å²) in [6.07, 6.45) is 11.7.